The quantitative estimate of drug-likeness (QED) is 0.749. The summed E-state index contributed by atoms with van der Waals surface area (Å²) < 4.78 is 0. The lowest BCUT2D eigenvalue weighted by Crippen LogP contribution is -2.30. The third-order valence-corrected chi connectivity index (χ3v) is 1.88. The highest BCUT2D eigenvalue weighted by molar-refractivity contribution is 5.16. The molecule has 1 rings (SSSR count). The van der Waals surface area contributed by atoms with E-state index in [1.807, 2.05) is 33.8 Å². The van der Waals surface area contributed by atoms with Crippen molar-refractivity contribution in [2.75, 3.05) is 0 Å². The molecule has 0 spiro atoms. The summed E-state index contributed by atoms with van der Waals surface area (Å²) in [5.74, 6) is 0.869. The van der Waals surface area contributed by atoms with E-state index in [1.165, 1.54) is 0 Å². The number of aryl methyl sites for hydroxylation is 2. The number of nitrogens with two attached hydrogens (primary N) is 1. The van der Waals surface area contributed by atoms with Gasteiger partial charge in [0.05, 0.1) is 11.2 Å². The van der Waals surface area contributed by atoms with Crippen LogP contribution in [0.3, 0.4) is 0 Å². The number of aromatic nitrogens is 2. The van der Waals surface area contributed by atoms with Crippen molar-refractivity contribution in [3.8, 4) is 0 Å². The maximum absolute atomic E-state index is 5.96. The molecule has 0 aliphatic rings. The first-order valence-corrected chi connectivity index (χ1v) is 4.57. The van der Waals surface area contributed by atoms with Gasteiger partial charge in [0.15, 0.2) is 0 Å². The molecule has 0 unspecified atom stereocenters. The highest BCUT2D eigenvalue weighted by Crippen LogP contribution is 2.14. The Balaban J connectivity index is 3.16. The molecule has 0 amide bonds. The molecule has 0 atom stereocenters. The SMILES string of the molecule is CCc1nc(C)cc(C(C)(C)N)n1. The van der Waals surface area contributed by atoms with Crippen molar-refractivity contribution < 1.29 is 0 Å². The fourth-order valence-electron chi connectivity index (χ4n) is 1.12. The van der Waals surface area contributed by atoms with Crippen LogP contribution in [0.5, 0.6) is 0 Å². The van der Waals surface area contributed by atoms with E-state index in [1.54, 1.807) is 0 Å². The molecule has 1 aromatic heterocycles. The molecule has 0 aliphatic heterocycles. The summed E-state index contributed by atoms with van der Waals surface area (Å²) in [5, 5.41) is 0. The summed E-state index contributed by atoms with van der Waals surface area (Å²) in [4.78, 5) is 8.69. The van der Waals surface area contributed by atoms with Crippen LogP contribution in [0.2, 0.25) is 0 Å². The molecule has 13 heavy (non-hydrogen) atoms. The maximum Gasteiger partial charge on any atom is 0.128 e. The number of nitrogens with zero attached hydrogens (tertiary/aromatic N) is 2. The van der Waals surface area contributed by atoms with E-state index in [2.05, 4.69) is 9.97 Å². The molecule has 0 fully saturated rings. The Morgan fingerprint density at radius 2 is 2.00 bits per heavy atom. The van der Waals surface area contributed by atoms with Crippen LogP contribution in [0.1, 0.15) is 38.0 Å². The zero-order valence-electron chi connectivity index (χ0n) is 8.76. The van der Waals surface area contributed by atoms with E-state index < -0.39 is 0 Å². The lowest BCUT2D eigenvalue weighted by atomic mass is 10.0. The molecule has 0 aliphatic carbocycles. The number of rotatable bonds is 2. The van der Waals surface area contributed by atoms with Crippen molar-refractivity contribution >= 4 is 0 Å². The predicted molar refractivity (Wildman–Crippen MR) is 53.4 cm³/mol. The van der Waals surface area contributed by atoms with Crippen LogP contribution in [-0.4, -0.2) is 9.97 Å². The highest BCUT2D eigenvalue weighted by Gasteiger charge is 2.16. The van der Waals surface area contributed by atoms with Gasteiger partial charge in [-0.05, 0) is 26.8 Å². The Morgan fingerprint density at radius 3 is 2.46 bits per heavy atom. The summed E-state index contributed by atoms with van der Waals surface area (Å²) in [7, 11) is 0. The van der Waals surface area contributed by atoms with Gasteiger partial charge in [-0.3, -0.25) is 0 Å². The van der Waals surface area contributed by atoms with Crippen molar-refractivity contribution in [3.63, 3.8) is 0 Å². The van der Waals surface area contributed by atoms with Crippen LogP contribution in [0, 0.1) is 6.92 Å². The lowest BCUT2D eigenvalue weighted by Gasteiger charge is -2.18. The first kappa shape index (κ1) is 10.1. The fraction of sp³-hybridized carbons (Fsp3) is 0.600. The maximum atomic E-state index is 5.96. The van der Waals surface area contributed by atoms with Gasteiger partial charge in [0, 0.05) is 12.1 Å². The molecule has 3 heteroatoms. The first-order chi connectivity index (χ1) is 5.93. The zero-order chi connectivity index (χ0) is 10.1. The van der Waals surface area contributed by atoms with E-state index in [-0.39, 0.29) is 5.54 Å². The van der Waals surface area contributed by atoms with Crippen LogP contribution >= 0.6 is 0 Å². The summed E-state index contributed by atoms with van der Waals surface area (Å²) >= 11 is 0. The molecule has 1 heterocycles. The summed E-state index contributed by atoms with van der Waals surface area (Å²) in [6.07, 6.45) is 0.852. The fourth-order valence-corrected chi connectivity index (χ4v) is 1.12. The second-order valence-corrected chi connectivity index (χ2v) is 3.89. The van der Waals surface area contributed by atoms with Gasteiger partial charge in [-0.2, -0.15) is 0 Å². The Morgan fingerprint density at radius 1 is 1.38 bits per heavy atom. The molecule has 0 saturated heterocycles. The monoisotopic (exact) mass is 179 g/mol. The Kier molecular flexibility index (Phi) is 2.66. The van der Waals surface area contributed by atoms with Crippen molar-refractivity contribution in [3.05, 3.63) is 23.3 Å². The van der Waals surface area contributed by atoms with E-state index in [0.29, 0.717) is 0 Å². The highest BCUT2D eigenvalue weighted by atomic mass is 14.9. The van der Waals surface area contributed by atoms with E-state index in [4.69, 9.17) is 5.73 Å². The van der Waals surface area contributed by atoms with Gasteiger partial charge in [-0.15, -0.1) is 0 Å². The van der Waals surface area contributed by atoms with Gasteiger partial charge in [0.25, 0.3) is 0 Å². The third kappa shape index (κ3) is 2.49. The van der Waals surface area contributed by atoms with Gasteiger partial charge in [-0.1, -0.05) is 6.92 Å². The molecule has 0 radical (unpaired) electrons. The molecule has 0 bridgehead atoms. The summed E-state index contributed by atoms with van der Waals surface area (Å²) in [5.41, 5.74) is 7.48. The largest absolute Gasteiger partial charge is 0.321 e. The average Bonchev–Trinajstić information content (AvgIpc) is 2.01. The average molecular weight is 179 g/mol. The van der Waals surface area contributed by atoms with Gasteiger partial charge in [0.2, 0.25) is 0 Å². The van der Waals surface area contributed by atoms with Gasteiger partial charge < -0.3 is 5.73 Å². The molecule has 0 saturated carbocycles. The summed E-state index contributed by atoms with van der Waals surface area (Å²) in [6.45, 7) is 7.92. The van der Waals surface area contributed by atoms with Crippen LogP contribution in [0.4, 0.5) is 0 Å². The minimum atomic E-state index is -0.377. The Labute approximate surface area is 79.4 Å². The van der Waals surface area contributed by atoms with E-state index in [0.717, 1.165) is 23.6 Å². The smallest absolute Gasteiger partial charge is 0.128 e. The molecular formula is C10H17N3. The van der Waals surface area contributed by atoms with Crippen molar-refractivity contribution in [1.29, 1.82) is 0 Å². The zero-order valence-corrected chi connectivity index (χ0v) is 8.76. The lowest BCUT2D eigenvalue weighted by molar-refractivity contribution is 0.529. The van der Waals surface area contributed by atoms with Gasteiger partial charge in [0.1, 0.15) is 5.82 Å². The normalized spacial score (nSPS) is 11.8. The van der Waals surface area contributed by atoms with Crippen LogP contribution in [-0.2, 0) is 12.0 Å². The van der Waals surface area contributed by atoms with Gasteiger partial charge in [-0.25, -0.2) is 9.97 Å². The minimum Gasteiger partial charge on any atom is -0.321 e. The predicted octanol–water partition coefficient (Wildman–Crippen LogP) is 1.54. The molecule has 0 aromatic carbocycles. The van der Waals surface area contributed by atoms with Crippen LogP contribution < -0.4 is 5.73 Å². The van der Waals surface area contributed by atoms with E-state index in [9.17, 15) is 0 Å². The number of hydrogen-bond donors (Lipinski definition) is 1. The minimum absolute atomic E-state index is 0.377. The van der Waals surface area contributed by atoms with Crippen LogP contribution in [0.25, 0.3) is 0 Å². The van der Waals surface area contributed by atoms with E-state index >= 15 is 0 Å². The topological polar surface area (TPSA) is 51.8 Å². The van der Waals surface area contributed by atoms with Crippen LogP contribution in [0.15, 0.2) is 6.07 Å². The molecular weight excluding hydrogens is 162 g/mol. The van der Waals surface area contributed by atoms with Crippen molar-refractivity contribution in [1.82, 2.24) is 9.97 Å². The Bertz CT molecular complexity index is 300. The van der Waals surface area contributed by atoms with Crippen molar-refractivity contribution in [2.24, 2.45) is 5.73 Å². The Hall–Kier alpha value is -0.960. The summed E-state index contributed by atoms with van der Waals surface area (Å²) in [6, 6.07) is 1.94. The molecule has 3 nitrogen and oxygen atoms in total. The second-order valence-electron chi connectivity index (χ2n) is 3.89. The second kappa shape index (κ2) is 3.42. The molecule has 72 valence electrons. The van der Waals surface area contributed by atoms with Crippen molar-refractivity contribution in [2.45, 2.75) is 39.7 Å². The third-order valence-electron chi connectivity index (χ3n) is 1.88. The standard InChI is InChI=1S/C10H17N3/c1-5-9-12-7(2)6-8(13-9)10(3,4)11/h6H,5,11H2,1-4H3. The number of hydrogen-bond acceptors (Lipinski definition) is 3. The molecule has 1 aromatic rings. The van der Waals surface area contributed by atoms with Gasteiger partial charge >= 0.3 is 0 Å². The molecule has 2 N–H and O–H groups in total. The first-order valence-electron chi connectivity index (χ1n) is 4.57.